The van der Waals surface area contributed by atoms with E-state index in [-0.39, 0.29) is 6.61 Å². The number of ether oxygens (including phenoxy) is 1. The first-order chi connectivity index (χ1) is 6.15. The molecule has 0 bridgehead atoms. The highest BCUT2D eigenvalue weighted by atomic mass is 16.5. The van der Waals surface area contributed by atoms with Gasteiger partial charge in [-0.15, -0.1) is 0 Å². The number of rotatable bonds is 6. The topological polar surface area (TPSA) is 29.5 Å². The van der Waals surface area contributed by atoms with E-state index < -0.39 is 0 Å². The molecule has 0 aliphatic carbocycles. The average Bonchev–Trinajstić information content (AvgIpc) is 2.15. The van der Waals surface area contributed by atoms with Gasteiger partial charge in [0.25, 0.3) is 0 Å². The Morgan fingerprint density at radius 2 is 1.92 bits per heavy atom. The van der Waals surface area contributed by atoms with Crippen molar-refractivity contribution in [2.45, 2.75) is 46.1 Å². The van der Waals surface area contributed by atoms with Crippen LogP contribution in [0.3, 0.4) is 0 Å². The minimum Gasteiger partial charge on any atom is -0.392 e. The molecule has 0 saturated carbocycles. The van der Waals surface area contributed by atoms with Crippen LogP contribution in [-0.2, 0) is 4.74 Å². The minimum atomic E-state index is 0.161. The summed E-state index contributed by atoms with van der Waals surface area (Å²) in [5, 5.41) is 8.92. The molecule has 0 amide bonds. The summed E-state index contributed by atoms with van der Waals surface area (Å²) in [7, 11) is 1.75. The molecule has 2 nitrogen and oxygen atoms in total. The summed E-state index contributed by atoms with van der Waals surface area (Å²) in [6.45, 7) is 6.35. The summed E-state index contributed by atoms with van der Waals surface area (Å²) < 4.78 is 5.34. The maximum atomic E-state index is 8.92. The third-order valence-electron chi connectivity index (χ3n) is 2.44. The van der Waals surface area contributed by atoms with Gasteiger partial charge in [0.2, 0.25) is 0 Å². The van der Waals surface area contributed by atoms with Gasteiger partial charge in [0.05, 0.1) is 12.7 Å². The molecule has 0 heterocycles. The summed E-state index contributed by atoms with van der Waals surface area (Å²) >= 11 is 0. The predicted molar refractivity (Wildman–Crippen MR) is 55.8 cm³/mol. The first-order valence-corrected chi connectivity index (χ1v) is 4.94. The molecule has 1 N–H and O–H groups in total. The molecule has 1 unspecified atom stereocenters. The maximum Gasteiger partial charge on any atom is 0.0641 e. The van der Waals surface area contributed by atoms with Crippen LogP contribution in [0.25, 0.3) is 0 Å². The lowest BCUT2D eigenvalue weighted by Crippen LogP contribution is -2.11. The van der Waals surface area contributed by atoms with Crippen LogP contribution in [0, 0.1) is 0 Å². The summed E-state index contributed by atoms with van der Waals surface area (Å²) in [5.74, 6) is 0. The van der Waals surface area contributed by atoms with Crippen molar-refractivity contribution in [1.82, 2.24) is 0 Å². The van der Waals surface area contributed by atoms with Crippen LogP contribution in [0.1, 0.15) is 40.0 Å². The molecule has 0 saturated heterocycles. The van der Waals surface area contributed by atoms with Crippen LogP contribution in [0.2, 0.25) is 0 Å². The summed E-state index contributed by atoms with van der Waals surface area (Å²) in [6.07, 6.45) is 3.49. The molecule has 0 aromatic rings. The fourth-order valence-corrected chi connectivity index (χ4v) is 1.28. The van der Waals surface area contributed by atoms with Crippen LogP contribution < -0.4 is 0 Å². The van der Waals surface area contributed by atoms with Crippen LogP contribution in [0.4, 0.5) is 0 Å². The Hall–Kier alpha value is -0.340. The molecule has 1 atom stereocenters. The molecule has 0 aliphatic rings. The minimum absolute atomic E-state index is 0.161. The van der Waals surface area contributed by atoms with E-state index in [4.69, 9.17) is 9.84 Å². The molecule has 78 valence electrons. The molecule has 0 aliphatic heterocycles. The Bertz CT molecular complexity index is 161. The lowest BCUT2D eigenvalue weighted by Gasteiger charge is -2.15. The van der Waals surface area contributed by atoms with Crippen molar-refractivity contribution in [3.63, 3.8) is 0 Å². The quantitative estimate of drug-likeness (QED) is 0.646. The molecule has 0 spiro atoms. The summed E-state index contributed by atoms with van der Waals surface area (Å²) in [4.78, 5) is 0. The molecule has 0 aromatic carbocycles. The number of hydrogen-bond acceptors (Lipinski definition) is 2. The standard InChI is InChI=1S/C11H22O2/c1-5-6-11(13-4)7-9(2)10(3)8-12/h11-12H,5-8H2,1-4H3. The van der Waals surface area contributed by atoms with E-state index in [2.05, 4.69) is 13.8 Å². The van der Waals surface area contributed by atoms with Crippen molar-refractivity contribution in [3.8, 4) is 0 Å². The predicted octanol–water partition coefficient (Wildman–Crippen LogP) is 2.52. The highest BCUT2D eigenvalue weighted by molar-refractivity contribution is 5.10. The highest BCUT2D eigenvalue weighted by Crippen LogP contribution is 2.15. The summed E-state index contributed by atoms with van der Waals surface area (Å²) in [5.41, 5.74) is 2.32. The average molecular weight is 186 g/mol. The molecule has 0 fully saturated rings. The van der Waals surface area contributed by atoms with Crippen LogP contribution in [0.15, 0.2) is 11.1 Å². The van der Waals surface area contributed by atoms with E-state index in [1.54, 1.807) is 7.11 Å². The highest BCUT2D eigenvalue weighted by Gasteiger charge is 2.07. The third-order valence-corrected chi connectivity index (χ3v) is 2.44. The molecule has 2 heteroatoms. The number of methoxy groups -OCH3 is 1. The fraction of sp³-hybridized carbons (Fsp3) is 0.818. The Labute approximate surface area is 81.6 Å². The monoisotopic (exact) mass is 186 g/mol. The Morgan fingerprint density at radius 1 is 1.31 bits per heavy atom. The number of aliphatic hydroxyl groups excluding tert-OH is 1. The van der Waals surface area contributed by atoms with Gasteiger partial charge in [-0.2, -0.15) is 0 Å². The largest absolute Gasteiger partial charge is 0.392 e. The lowest BCUT2D eigenvalue weighted by molar-refractivity contribution is 0.0945. The van der Waals surface area contributed by atoms with Crippen LogP contribution in [-0.4, -0.2) is 24.9 Å². The normalized spacial score (nSPS) is 15.5. The smallest absolute Gasteiger partial charge is 0.0641 e. The molecule has 13 heavy (non-hydrogen) atoms. The van der Waals surface area contributed by atoms with Crippen molar-refractivity contribution in [3.05, 3.63) is 11.1 Å². The van der Waals surface area contributed by atoms with Gasteiger partial charge in [0.15, 0.2) is 0 Å². The van der Waals surface area contributed by atoms with Crippen molar-refractivity contribution in [1.29, 1.82) is 0 Å². The van der Waals surface area contributed by atoms with Gasteiger partial charge < -0.3 is 9.84 Å². The van der Waals surface area contributed by atoms with Gasteiger partial charge >= 0.3 is 0 Å². The van der Waals surface area contributed by atoms with Gasteiger partial charge in [-0.05, 0) is 32.3 Å². The van der Waals surface area contributed by atoms with E-state index >= 15 is 0 Å². The van der Waals surface area contributed by atoms with Crippen molar-refractivity contribution >= 4 is 0 Å². The van der Waals surface area contributed by atoms with Gasteiger partial charge in [0.1, 0.15) is 0 Å². The number of hydrogen-bond donors (Lipinski definition) is 1. The van der Waals surface area contributed by atoms with Crippen molar-refractivity contribution in [2.75, 3.05) is 13.7 Å². The molecular formula is C11H22O2. The maximum absolute atomic E-state index is 8.92. The second kappa shape index (κ2) is 7.10. The van der Waals surface area contributed by atoms with Crippen LogP contribution in [0.5, 0.6) is 0 Å². The fourth-order valence-electron chi connectivity index (χ4n) is 1.28. The molecular weight excluding hydrogens is 164 g/mol. The number of aliphatic hydroxyl groups is 1. The second-order valence-electron chi connectivity index (χ2n) is 3.57. The molecule has 0 radical (unpaired) electrons. The zero-order valence-corrected chi connectivity index (χ0v) is 9.26. The summed E-state index contributed by atoms with van der Waals surface area (Å²) in [6, 6.07) is 0. The van der Waals surface area contributed by atoms with Gasteiger partial charge in [-0.1, -0.05) is 18.9 Å². The van der Waals surface area contributed by atoms with Crippen molar-refractivity contribution in [2.24, 2.45) is 0 Å². The third kappa shape index (κ3) is 5.06. The zero-order valence-electron chi connectivity index (χ0n) is 9.26. The zero-order chi connectivity index (χ0) is 10.3. The van der Waals surface area contributed by atoms with Gasteiger partial charge in [-0.3, -0.25) is 0 Å². The van der Waals surface area contributed by atoms with E-state index in [1.807, 2.05) is 6.92 Å². The van der Waals surface area contributed by atoms with E-state index in [1.165, 1.54) is 5.57 Å². The Balaban J connectivity index is 4.07. The van der Waals surface area contributed by atoms with E-state index in [9.17, 15) is 0 Å². The van der Waals surface area contributed by atoms with Crippen LogP contribution >= 0.6 is 0 Å². The first kappa shape index (κ1) is 12.7. The lowest BCUT2D eigenvalue weighted by atomic mass is 10.0. The second-order valence-corrected chi connectivity index (χ2v) is 3.57. The van der Waals surface area contributed by atoms with Crippen molar-refractivity contribution < 1.29 is 9.84 Å². The van der Waals surface area contributed by atoms with Gasteiger partial charge in [0, 0.05) is 7.11 Å². The SMILES string of the molecule is CCCC(CC(C)=C(C)CO)OC. The first-order valence-electron chi connectivity index (χ1n) is 4.94. The Kier molecular flexibility index (Phi) is 6.92. The van der Waals surface area contributed by atoms with E-state index in [0.717, 1.165) is 24.8 Å². The Morgan fingerprint density at radius 3 is 2.31 bits per heavy atom. The molecule has 0 aromatic heterocycles. The van der Waals surface area contributed by atoms with Gasteiger partial charge in [-0.25, -0.2) is 0 Å². The molecule has 0 rings (SSSR count). The van der Waals surface area contributed by atoms with E-state index in [0.29, 0.717) is 6.10 Å².